The van der Waals surface area contributed by atoms with Gasteiger partial charge in [-0.05, 0) is 45.7 Å². The number of rotatable bonds is 4. The van der Waals surface area contributed by atoms with Gasteiger partial charge in [-0.3, -0.25) is 0 Å². The molecule has 10 nitrogen and oxygen atoms in total. The second-order valence-electron chi connectivity index (χ2n) is 10.8. The zero-order valence-corrected chi connectivity index (χ0v) is 21.3. The van der Waals surface area contributed by atoms with Crippen LogP contribution in [0.1, 0.15) is 56.6 Å². The number of nitrogens with one attached hydrogen (secondary N) is 1. The first-order valence-electron chi connectivity index (χ1n) is 12.6. The van der Waals surface area contributed by atoms with E-state index < -0.39 is 5.60 Å². The van der Waals surface area contributed by atoms with E-state index in [9.17, 15) is 4.79 Å². The van der Waals surface area contributed by atoms with Crippen LogP contribution in [0, 0.1) is 0 Å². The lowest BCUT2D eigenvalue weighted by atomic mass is 10.2. The monoisotopic (exact) mass is 488 g/mol. The smallest absolute Gasteiger partial charge is 0.410 e. The highest BCUT2D eigenvalue weighted by Gasteiger charge is 2.34. The lowest BCUT2D eigenvalue weighted by molar-refractivity contribution is 0.0240. The maximum Gasteiger partial charge on any atom is 0.410 e. The molecule has 6 rings (SSSR count). The molecule has 188 valence electrons. The number of amides is 1. The number of pyridine rings is 1. The maximum atomic E-state index is 12.3. The first-order chi connectivity index (χ1) is 17.2. The van der Waals surface area contributed by atoms with E-state index in [-0.39, 0.29) is 6.09 Å². The van der Waals surface area contributed by atoms with Gasteiger partial charge in [0.05, 0.1) is 29.0 Å². The number of hydrogen-bond donors (Lipinski definition) is 1. The Morgan fingerprint density at radius 3 is 2.50 bits per heavy atom. The third kappa shape index (κ3) is 4.36. The molecule has 3 aromatic heterocycles. The van der Waals surface area contributed by atoms with Gasteiger partial charge in [-0.25, -0.2) is 24.7 Å². The van der Waals surface area contributed by atoms with E-state index in [1.54, 1.807) is 4.90 Å². The molecule has 1 saturated heterocycles. The summed E-state index contributed by atoms with van der Waals surface area (Å²) in [6.07, 6.45) is 6.74. The minimum atomic E-state index is -0.483. The number of aromatic nitrogens is 5. The Balaban J connectivity index is 1.10. The molecule has 1 N–H and O–H groups in total. The second-order valence-corrected chi connectivity index (χ2v) is 10.8. The summed E-state index contributed by atoms with van der Waals surface area (Å²) < 4.78 is 7.70. The largest absolute Gasteiger partial charge is 0.444 e. The van der Waals surface area contributed by atoms with E-state index in [0.29, 0.717) is 30.8 Å². The SMILES string of the molecule is Cn1c(C2CC2)nc2c1-c1nc(Nc3ccc(N4CCN(C(=O)OC(C)(C)C)CC4)cn3)ncc1C2. The van der Waals surface area contributed by atoms with Gasteiger partial charge in [-0.2, -0.15) is 0 Å². The molecule has 1 amide bonds. The summed E-state index contributed by atoms with van der Waals surface area (Å²) in [5, 5.41) is 3.25. The van der Waals surface area contributed by atoms with Gasteiger partial charge in [0.2, 0.25) is 5.95 Å². The van der Waals surface area contributed by atoms with Crippen LogP contribution in [0.4, 0.5) is 22.2 Å². The molecule has 0 bridgehead atoms. The van der Waals surface area contributed by atoms with Crippen LogP contribution in [-0.4, -0.2) is 67.3 Å². The van der Waals surface area contributed by atoms with Gasteiger partial charge in [-0.1, -0.05) is 0 Å². The lowest BCUT2D eigenvalue weighted by Crippen LogP contribution is -2.50. The third-order valence-corrected chi connectivity index (χ3v) is 6.88. The first-order valence-corrected chi connectivity index (χ1v) is 12.6. The van der Waals surface area contributed by atoms with Crippen molar-refractivity contribution in [2.45, 2.75) is 51.6 Å². The quantitative estimate of drug-likeness (QED) is 0.462. The van der Waals surface area contributed by atoms with Crippen molar-refractivity contribution in [1.82, 2.24) is 29.4 Å². The molecule has 1 aliphatic heterocycles. The van der Waals surface area contributed by atoms with Crippen LogP contribution in [0.5, 0.6) is 0 Å². The minimum Gasteiger partial charge on any atom is -0.444 e. The summed E-state index contributed by atoms with van der Waals surface area (Å²) in [6, 6.07) is 3.97. The maximum absolute atomic E-state index is 12.3. The number of ether oxygens (including phenoxy) is 1. The molecule has 4 heterocycles. The molecular formula is C26H32N8O2. The summed E-state index contributed by atoms with van der Waals surface area (Å²) in [7, 11) is 2.09. The van der Waals surface area contributed by atoms with Crippen molar-refractivity contribution in [1.29, 1.82) is 0 Å². The Morgan fingerprint density at radius 1 is 1.06 bits per heavy atom. The number of anilines is 3. The molecule has 0 unspecified atom stereocenters. The normalized spacial score (nSPS) is 17.1. The standard InChI is InChI=1S/C26H32N8O2/c1-26(2,3)36-25(35)34-11-9-33(10-12-34)18-7-8-20(27-15-18)30-24-28-14-17-13-19-22(21(17)31-24)32(4)23(29-19)16-5-6-16/h7-8,14-16H,5-6,9-13H2,1-4H3,(H,27,28,30,31). The molecule has 3 aromatic rings. The summed E-state index contributed by atoms with van der Waals surface area (Å²) in [5.41, 5.74) is 4.84. The van der Waals surface area contributed by atoms with E-state index in [0.717, 1.165) is 47.8 Å². The van der Waals surface area contributed by atoms with Crippen molar-refractivity contribution in [3.8, 4) is 11.4 Å². The molecule has 3 aliphatic rings. The van der Waals surface area contributed by atoms with E-state index in [1.807, 2.05) is 45.3 Å². The van der Waals surface area contributed by atoms with Crippen molar-refractivity contribution >= 4 is 23.5 Å². The molecule has 0 spiro atoms. The van der Waals surface area contributed by atoms with Gasteiger partial charge in [0.1, 0.15) is 17.2 Å². The van der Waals surface area contributed by atoms with Crippen LogP contribution in [-0.2, 0) is 18.2 Å². The Bertz CT molecular complexity index is 1300. The zero-order valence-electron chi connectivity index (χ0n) is 21.3. The summed E-state index contributed by atoms with van der Waals surface area (Å²) in [6.45, 7) is 8.37. The van der Waals surface area contributed by atoms with Crippen LogP contribution in [0.15, 0.2) is 24.5 Å². The van der Waals surface area contributed by atoms with Gasteiger partial charge in [-0.15, -0.1) is 0 Å². The topological polar surface area (TPSA) is 101 Å². The van der Waals surface area contributed by atoms with Gasteiger partial charge >= 0.3 is 6.09 Å². The molecule has 2 aliphatic carbocycles. The van der Waals surface area contributed by atoms with Gasteiger partial charge in [0, 0.05) is 57.3 Å². The number of imidazole rings is 1. The fraction of sp³-hybridized carbons (Fsp3) is 0.500. The molecule has 10 heteroatoms. The van der Waals surface area contributed by atoms with Crippen molar-refractivity contribution in [2.75, 3.05) is 36.4 Å². The molecule has 36 heavy (non-hydrogen) atoms. The number of hydrogen-bond acceptors (Lipinski definition) is 8. The Labute approximate surface area is 210 Å². The van der Waals surface area contributed by atoms with Crippen LogP contribution >= 0.6 is 0 Å². The Kier molecular flexibility index (Phi) is 5.35. The number of carbonyl (C=O) groups is 1. The van der Waals surface area contributed by atoms with Crippen molar-refractivity contribution in [3.63, 3.8) is 0 Å². The fourth-order valence-corrected chi connectivity index (χ4v) is 4.92. The van der Waals surface area contributed by atoms with E-state index in [4.69, 9.17) is 14.7 Å². The van der Waals surface area contributed by atoms with Gasteiger partial charge in [0.15, 0.2) is 0 Å². The fourth-order valence-electron chi connectivity index (χ4n) is 4.92. The highest BCUT2D eigenvalue weighted by molar-refractivity contribution is 5.71. The first kappa shape index (κ1) is 22.8. The Hall–Kier alpha value is -3.69. The van der Waals surface area contributed by atoms with Crippen LogP contribution in [0.25, 0.3) is 11.4 Å². The lowest BCUT2D eigenvalue weighted by Gasteiger charge is -2.36. The predicted molar refractivity (Wildman–Crippen MR) is 137 cm³/mol. The van der Waals surface area contributed by atoms with E-state index in [1.165, 1.54) is 18.7 Å². The number of nitrogens with zero attached hydrogens (tertiary/aromatic N) is 7. The van der Waals surface area contributed by atoms with Crippen molar-refractivity contribution in [3.05, 3.63) is 41.6 Å². The molecule has 2 fully saturated rings. The van der Waals surface area contributed by atoms with Crippen LogP contribution in [0.2, 0.25) is 0 Å². The van der Waals surface area contributed by atoms with Crippen LogP contribution < -0.4 is 10.2 Å². The third-order valence-electron chi connectivity index (χ3n) is 6.88. The summed E-state index contributed by atoms with van der Waals surface area (Å²) >= 11 is 0. The second kappa shape index (κ2) is 8.46. The molecule has 1 saturated carbocycles. The average Bonchev–Trinajstić information content (AvgIpc) is 3.55. The van der Waals surface area contributed by atoms with Gasteiger partial charge < -0.3 is 24.4 Å². The minimum absolute atomic E-state index is 0.254. The van der Waals surface area contributed by atoms with E-state index >= 15 is 0 Å². The molecule has 0 atom stereocenters. The zero-order chi connectivity index (χ0) is 25.0. The predicted octanol–water partition coefficient (Wildman–Crippen LogP) is 3.85. The number of fused-ring (bicyclic) bond motifs is 3. The number of piperazine rings is 1. The highest BCUT2D eigenvalue weighted by Crippen LogP contribution is 2.43. The van der Waals surface area contributed by atoms with Crippen LogP contribution in [0.3, 0.4) is 0 Å². The molecular weight excluding hydrogens is 456 g/mol. The highest BCUT2D eigenvalue weighted by atomic mass is 16.6. The van der Waals surface area contributed by atoms with E-state index in [2.05, 4.69) is 31.8 Å². The molecule has 0 aromatic carbocycles. The Morgan fingerprint density at radius 2 is 1.83 bits per heavy atom. The number of carbonyl (C=O) groups excluding carboxylic acids is 1. The average molecular weight is 489 g/mol. The van der Waals surface area contributed by atoms with Crippen molar-refractivity contribution in [2.24, 2.45) is 7.05 Å². The summed E-state index contributed by atoms with van der Waals surface area (Å²) in [5.74, 6) is 3.00. The molecule has 0 radical (unpaired) electrons. The van der Waals surface area contributed by atoms with Crippen molar-refractivity contribution < 1.29 is 9.53 Å². The van der Waals surface area contributed by atoms with Gasteiger partial charge in [0.25, 0.3) is 0 Å². The summed E-state index contributed by atoms with van der Waals surface area (Å²) in [4.78, 5) is 35.1.